The van der Waals surface area contributed by atoms with E-state index in [0.29, 0.717) is 5.92 Å². The highest BCUT2D eigenvalue weighted by atomic mass is 16.1. The normalized spacial score (nSPS) is 31.5. The number of piperidine rings is 1. The van der Waals surface area contributed by atoms with Gasteiger partial charge in [-0.1, -0.05) is 13.5 Å². The van der Waals surface area contributed by atoms with Gasteiger partial charge in [0, 0.05) is 0 Å². The molecule has 2 heteroatoms. The molecule has 0 radical (unpaired) electrons. The number of likely N-dealkylation sites (N-methyl/N-ethyl adjacent to an activating group) is 1. The minimum absolute atomic E-state index is 0.0891. The lowest BCUT2D eigenvalue weighted by molar-refractivity contribution is -0.120. The lowest BCUT2D eigenvalue weighted by Gasteiger charge is -2.34. The minimum atomic E-state index is 0.0891. The number of rotatable bonds is 2. The van der Waals surface area contributed by atoms with Crippen molar-refractivity contribution in [1.82, 2.24) is 4.90 Å². The van der Waals surface area contributed by atoms with Gasteiger partial charge in [-0.05, 0) is 38.4 Å². The summed E-state index contributed by atoms with van der Waals surface area (Å²) in [6.45, 7) is 6.76. The van der Waals surface area contributed by atoms with Crippen LogP contribution in [0.2, 0.25) is 0 Å². The molecule has 68 valence electrons. The predicted octanol–water partition coefficient (Wildman–Crippen LogP) is 1.47. The third kappa shape index (κ3) is 1.95. The molecule has 2 nitrogen and oxygen atoms in total. The molecule has 2 unspecified atom stereocenters. The van der Waals surface area contributed by atoms with Crippen molar-refractivity contribution in [2.24, 2.45) is 5.92 Å². The minimum Gasteiger partial charge on any atom is -0.296 e. The highest BCUT2D eigenvalue weighted by Crippen LogP contribution is 2.21. The van der Waals surface area contributed by atoms with E-state index in [1.807, 2.05) is 7.05 Å². The zero-order valence-electron chi connectivity index (χ0n) is 7.92. The maximum atomic E-state index is 11.4. The van der Waals surface area contributed by atoms with Crippen LogP contribution < -0.4 is 0 Å². The van der Waals surface area contributed by atoms with Gasteiger partial charge in [0.1, 0.15) is 0 Å². The van der Waals surface area contributed by atoms with Gasteiger partial charge in [0.05, 0.1) is 6.04 Å². The molecule has 1 rings (SSSR count). The Balaban J connectivity index is 2.60. The first-order valence-corrected chi connectivity index (χ1v) is 4.51. The molecule has 1 heterocycles. The first-order chi connectivity index (χ1) is 5.65. The van der Waals surface area contributed by atoms with Crippen LogP contribution in [0.5, 0.6) is 0 Å². The van der Waals surface area contributed by atoms with Crippen molar-refractivity contribution >= 4 is 5.78 Å². The highest BCUT2D eigenvalue weighted by molar-refractivity contribution is 5.93. The van der Waals surface area contributed by atoms with Gasteiger partial charge >= 0.3 is 0 Å². The number of hydrogen-bond donors (Lipinski definition) is 0. The Morgan fingerprint density at radius 1 is 1.67 bits per heavy atom. The van der Waals surface area contributed by atoms with Gasteiger partial charge in [0.2, 0.25) is 0 Å². The van der Waals surface area contributed by atoms with E-state index in [0.717, 1.165) is 13.0 Å². The van der Waals surface area contributed by atoms with Crippen molar-refractivity contribution in [3.63, 3.8) is 0 Å². The molecule has 1 aliphatic rings. The zero-order chi connectivity index (χ0) is 9.14. The smallest absolute Gasteiger partial charge is 0.172 e. The molecule has 0 spiro atoms. The van der Waals surface area contributed by atoms with E-state index in [4.69, 9.17) is 0 Å². The molecule has 1 aliphatic heterocycles. The van der Waals surface area contributed by atoms with Gasteiger partial charge in [-0.2, -0.15) is 0 Å². The van der Waals surface area contributed by atoms with Gasteiger partial charge in [-0.3, -0.25) is 9.69 Å². The number of carbonyl (C=O) groups excluding carboxylic acids is 1. The average Bonchev–Trinajstić information content (AvgIpc) is 2.08. The van der Waals surface area contributed by atoms with Crippen LogP contribution in [0.15, 0.2) is 12.7 Å². The summed E-state index contributed by atoms with van der Waals surface area (Å²) >= 11 is 0. The fraction of sp³-hybridized carbons (Fsp3) is 0.700. The van der Waals surface area contributed by atoms with Crippen molar-refractivity contribution in [2.45, 2.75) is 25.8 Å². The molecule has 0 aromatic heterocycles. The standard InChI is InChI=1S/C10H17NO/c1-4-10(12)9-7-8(2)5-6-11(9)3/h4,8-9H,1,5-7H2,2-3H3. The van der Waals surface area contributed by atoms with Crippen molar-refractivity contribution in [1.29, 1.82) is 0 Å². The third-order valence-electron chi connectivity index (χ3n) is 2.66. The summed E-state index contributed by atoms with van der Waals surface area (Å²) in [7, 11) is 2.01. The molecule has 1 saturated heterocycles. The van der Waals surface area contributed by atoms with Gasteiger partial charge in [0.15, 0.2) is 5.78 Å². The summed E-state index contributed by atoms with van der Waals surface area (Å²) in [6.07, 6.45) is 3.64. The molecule has 0 aromatic carbocycles. The Morgan fingerprint density at radius 2 is 2.33 bits per heavy atom. The molecular formula is C10H17NO. The number of ketones is 1. The van der Waals surface area contributed by atoms with Crippen molar-refractivity contribution < 1.29 is 4.79 Å². The van der Waals surface area contributed by atoms with Crippen molar-refractivity contribution in [3.05, 3.63) is 12.7 Å². The van der Waals surface area contributed by atoms with E-state index in [9.17, 15) is 4.79 Å². The molecular weight excluding hydrogens is 150 g/mol. The number of nitrogens with zero attached hydrogens (tertiary/aromatic N) is 1. The lowest BCUT2D eigenvalue weighted by atomic mass is 9.91. The average molecular weight is 167 g/mol. The molecule has 1 fully saturated rings. The second-order valence-corrected chi connectivity index (χ2v) is 3.73. The molecule has 0 bridgehead atoms. The fourth-order valence-corrected chi connectivity index (χ4v) is 1.73. The summed E-state index contributed by atoms with van der Waals surface area (Å²) in [5, 5.41) is 0. The van der Waals surface area contributed by atoms with Crippen LogP contribution in [-0.2, 0) is 4.79 Å². The largest absolute Gasteiger partial charge is 0.296 e. The maximum absolute atomic E-state index is 11.4. The summed E-state index contributed by atoms with van der Waals surface area (Å²) in [5.74, 6) is 0.846. The van der Waals surface area contributed by atoms with Crippen LogP contribution in [0.3, 0.4) is 0 Å². The molecule has 12 heavy (non-hydrogen) atoms. The molecule has 2 atom stereocenters. The van der Waals surface area contributed by atoms with E-state index in [2.05, 4.69) is 18.4 Å². The first-order valence-electron chi connectivity index (χ1n) is 4.51. The molecule has 0 saturated carbocycles. The van der Waals surface area contributed by atoms with Crippen molar-refractivity contribution in [2.75, 3.05) is 13.6 Å². The van der Waals surface area contributed by atoms with Gasteiger partial charge in [-0.25, -0.2) is 0 Å². The molecule has 0 aliphatic carbocycles. The number of carbonyl (C=O) groups is 1. The van der Waals surface area contributed by atoms with Crippen LogP contribution in [0.25, 0.3) is 0 Å². The second kappa shape index (κ2) is 3.85. The predicted molar refractivity (Wildman–Crippen MR) is 50.0 cm³/mol. The first kappa shape index (κ1) is 9.46. The molecule has 0 amide bonds. The van der Waals surface area contributed by atoms with E-state index in [1.165, 1.54) is 12.5 Å². The van der Waals surface area contributed by atoms with Crippen LogP contribution in [0.1, 0.15) is 19.8 Å². The Bertz CT molecular complexity index is 188. The van der Waals surface area contributed by atoms with E-state index in [-0.39, 0.29) is 11.8 Å². The quantitative estimate of drug-likeness (QED) is 0.580. The Kier molecular flexibility index (Phi) is 3.04. The van der Waals surface area contributed by atoms with Gasteiger partial charge in [-0.15, -0.1) is 0 Å². The highest BCUT2D eigenvalue weighted by Gasteiger charge is 2.27. The summed E-state index contributed by atoms with van der Waals surface area (Å²) in [6, 6.07) is 0.0891. The summed E-state index contributed by atoms with van der Waals surface area (Å²) < 4.78 is 0. The Labute approximate surface area is 74.2 Å². The third-order valence-corrected chi connectivity index (χ3v) is 2.66. The lowest BCUT2D eigenvalue weighted by Crippen LogP contribution is -2.43. The Hall–Kier alpha value is -0.630. The van der Waals surface area contributed by atoms with Gasteiger partial charge in [0.25, 0.3) is 0 Å². The fourth-order valence-electron chi connectivity index (χ4n) is 1.73. The topological polar surface area (TPSA) is 20.3 Å². The summed E-state index contributed by atoms with van der Waals surface area (Å²) in [4.78, 5) is 13.5. The van der Waals surface area contributed by atoms with Crippen LogP contribution in [0, 0.1) is 5.92 Å². The molecule has 0 N–H and O–H groups in total. The number of hydrogen-bond acceptors (Lipinski definition) is 2. The number of likely N-dealkylation sites (tertiary alicyclic amines) is 1. The van der Waals surface area contributed by atoms with E-state index < -0.39 is 0 Å². The van der Waals surface area contributed by atoms with Crippen LogP contribution >= 0.6 is 0 Å². The zero-order valence-corrected chi connectivity index (χ0v) is 7.92. The van der Waals surface area contributed by atoms with Crippen LogP contribution in [0.4, 0.5) is 0 Å². The van der Waals surface area contributed by atoms with E-state index in [1.54, 1.807) is 0 Å². The second-order valence-electron chi connectivity index (χ2n) is 3.73. The Morgan fingerprint density at radius 3 is 2.92 bits per heavy atom. The molecule has 0 aromatic rings. The monoisotopic (exact) mass is 167 g/mol. The van der Waals surface area contributed by atoms with Crippen LogP contribution in [-0.4, -0.2) is 30.3 Å². The maximum Gasteiger partial charge on any atom is 0.172 e. The van der Waals surface area contributed by atoms with Crippen molar-refractivity contribution in [3.8, 4) is 0 Å². The van der Waals surface area contributed by atoms with E-state index >= 15 is 0 Å². The summed E-state index contributed by atoms with van der Waals surface area (Å²) in [5.41, 5.74) is 0. The van der Waals surface area contributed by atoms with Gasteiger partial charge < -0.3 is 0 Å². The SMILES string of the molecule is C=CC(=O)C1CC(C)CCN1C.